The third kappa shape index (κ3) is 6.07. The fourth-order valence-corrected chi connectivity index (χ4v) is 1.17. The van der Waals surface area contributed by atoms with E-state index in [0.717, 1.165) is 19.4 Å². The molecule has 0 unspecified atom stereocenters. The average Bonchev–Trinajstić information content (AvgIpc) is 2.21. The lowest BCUT2D eigenvalue weighted by Crippen LogP contribution is -2.31. The minimum atomic E-state index is -0.305. The van der Waals surface area contributed by atoms with E-state index in [1.54, 1.807) is 6.20 Å². The Kier molecular flexibility index (Phi) is 7.02. The van der Waals surface area contributed by atoms with Crippen LogP contribution in [0.25, 0.3) is 0 Å². The van der Waals surface area contributed by atoms with E-state index in [-0.39, 0.29) is 17.5 Å². The monoisotopic (exact) mass is 223 g/mol. The second kappa shape index (κ2) is 7.75. The zero-order valence-electron chi connectivity index (χ0n) is 10.6. The largest absolute Gasteiger partial charge is 0.379 e. The number of rotatable bonds is 6. The third-order valence-corrected chi connectivity index (χ3v) is 2.00. The van der Waals surface area contributed by atoms with Crippen LogP contribution in [0.3, 0.4) is 0 Å². The molecule has 0 radical (unpaired) electrons. The van der Waals surface area contributed by atoms with Gasteiger partial charge in [0.1, 0.15) is 11.6 Å². The molecule has 0 saturated carbocycles. The van der Waals surface area contributed by atoms with Gasteiger partial charge in [-0.2, -0.15) is 5.26 Å². The summed E-state index contributed by atoms with van der Waals surface area (Å²) >= 11 is 0. The molecule has 1 amide bonds. The van der Waals surface area contributed by atoms with Crippen LogP contribution in [-0.2, 0) is 4.79 Å². The lowest BCUT2D eigenvalue weighted by Gasteiger charge is -2.14. The summed E-state index contributed by atoms with van der Waals surface area (Å²) < 4.78 is 0. The summed E-state index contributed by atoms with van der Waals surface area (Å²) in [7, 11) is 1.87. The highest BCUT2D eigenvalue weighted by Gasteiger charge is 2.10. The van der Waals surface area contributed by atoms with Crippen molar-refractivity contribution < 1.29 is 4.79 Å². The molecule has 0 bridgehead atoms. The van der Waals surface area contributed by atoms with Gasteiger partial charge in [-0.15, -0.1) is 0 Å². The molecule has 0 aromatic heterocycles. The normalized spacial score (nSPS) is 11.1. The quantitative estimate of drug-likeness (QED) is 0.550. The van der Waals surface area contributed by atoms with Crippen LogP contribution in [0, 0.1) is 11.3 Å². The standard InChI is InChI=1S/C12H21N3O/c1-5-6-7-15(4)9-11(8-13)12(16)14-10(2)3/h9-10H,5-7H2,1-4H3,(H,14,16)/b11-9-. The SMILES string of the molecule is CCCCN(C)/C=C(/C#N)C(=O)NC(C)C. The van der Waals surface area contributed by atoms with Gasteiger partial charge in [-0.05, 0) is 20.3 Å². The van der Waals surface area contributed by atoms with Crippen molar-refractivity contribution in [3.8, 4) is 6.07 Å². The topological polar surface area (TPSA) is 56.1 Å². The fourth-order valence-electron chi connectivity index (χ4n) is 1.17. The summed E-state index contributed by atoms with van der Waals surface area (Å²) in [4.78, 5) is 13.4. The van der Waals surface area contributed by atoms with Crippen molar-refractivity contribution in [3.63, 3.8) is 0 Å². The molecule has 1 N–H and O–H groups in total. The van der Waals surface area contributed by atoms with Crippen LogP contribution in [-0.4, -0.2) is 30.4 Å². The summed E-state index contributed by atoms with van der Waals surface area (Å²) in [5.74, 6) is -0.305. The highest BCUT2D eigenvalue weighted by atomic mass is 16.1. The van der Waals surface area contributed by atoms with E-state index in [4.69, 9.17) is 5.26 Å². The molecule has 0 heterocycles. The molecule has 0 aromatic carbocycles. The van der Waals surface area contributed by atoms with Gasteiger partial charge in [-0.25, -0.2) is 0 Å². The average molecular weight is 223 g/mol. The molecule has 4 nitrogen and oxygen atoms in total. The maximum atomic E-state index is 11.6. The Morgan fingerprint density at radius 2 is 2.19 bits per heavy atom. The summed E-state index contributed by atoms with van der Waals surface area (Å²) in [5, 5.41) is 11.6. The minimum Gasteiger partial charge on any atom is -0.379 e. The van der Waals surface area contributed by atoms with Gasteiger partial charge in [0.25, 0.3) is 5.91 Å². The van der Waals surface area contributed by atoms with Crippen molar-refractivity contribution in [2.75, 3.05) is 13.6 Å². The Morgan fingerprint density at radius 3 is 2.62 bits per heavy atom. The second-order valence-corrected chi connectivity index (χ2v) is 4.12. The second-order valence-electron chi connectivity index (χ2n) is 4.12. The van der Waals surface area contributed by atoms with Gasteiger partial charge >= 0.3 is 0 Å². The molecule has 90 valence electrons. The summed E-state index contributed by atoms with van der Waals surface area (Å²) in [6.45, 7) is 6.70. The van der Waals surface area contributed by atoms with E-state index in [9.17, 15) is 4.79 Å². The predicted molar refractivity (Wildman–Crippen MR) is 64.5 cm³/mol. The maximum Gasteiger partial charge on any atom is 0.263 e. The van der Waals surface area contributed by atoms with Gasteiger partial charge in [-0.3, -0.25) is 4.79 Å². The number of nitrogens with one attached hydrogen (secondary N) is 1. The van der Waals surface area contributed by atoms with E-state index >= 15 is 0 Å². The van der Waals surface area contributed by atoms with E-state index in [2.05, 4.69) is 12.2 Å². The molecular formula is C12H21N3O. The molecule has 0 aliphatic heterocycles. The van der Waals surface area contributed by atoms with Crippen molar-refractivity contribution >= 4 is 5.91 Å². The zero-order chi connectivity index (χ0) is 12.6. The van der Waals surface area contributed by atoms with Gasteiger partial charge in [0.2, 0.25) is 0 Å². The van der Waals surface area contributed by atoms with E-state index < -0.39 is 0 Å². The molecule has 0 aliphatic rings. The van der Waals surface area contributed by atoms with Crippen LogP contribution in [0.5, 0.6) is 0 Å². The molecule has 4 heteroatoms. The number of nitriles is 1. The van der Waals surface area contributed by atoms with Crippen LogP contribution in [0.4, 0.5) is 0 Å². The summed E-state index contributed by atoms with van der Waals surface area (Å²) in [5.41, 5.74) is 0.160. The number of unbranched alkanes of at least 4 members (excludes halogenated alkanes) is 1. The molecule has 0 aromatic rings. The first-order chi connectivity index (χ1) is 7.51. The number of amides is 1. The van der Waals surface area contributed by atoms with Gasteiger partial charge in [0, 0.05) is 25.8 Å². The maximum absolute atomic E-state index is 11.6. The lowest BCUT2D eigenvalue weighted by atomic mass is 10.2. The Hall–Kier alpha value is -1.50. The minimum absolute atomic E-state index is 0.0465. The number of nitrogens with zero attached hydrogens (tertiary/aromatic N) is 2. The highest BCUT2D eigenvalue weighted by molar-refractivity contribution is 5.97. The van der Waals surface area contributed by atoms with Gasteiger partial charge in [-0.1, -0.05) is 13.3 Å². The van der Waals surface area contributed by atoms with Crippen molar-refractivity contribution in [1.82, 2.24) is 10.2 Å². The molecule has 0 aliphatic carbocycles. The van der Waals surface area contributed by atoms with Gasteiger partial charge in [0.15, 0.2) is 0 Å². The number of hydrogen-bond acceptors (Lipinski definition) is 3. The molecule has 0 fully saturated rings. The first-order valence-electron chi connectivity index (χ1n) is 5.64. The zero-order valence-corrected chi connectivity index (χ0v) is 10.6. The Balaban J connectivity index is 4.42. The highest BCUT2D eigenvalue weighted by Crippen LogP contribution is 1.99. The van der Waals surface area contributed by atoms with E-state index in [0.29, 0.717) is 0 Å². The lowest BCUT2D eigenvalue weighted by molar-refractivity contribution is -0.117. The van der Waals surface area contributed by atoms with E-state index in [1.807, 2.05) is 31.9 Å². The third-order valence-electron chi connectivity index (χ3n) is 2.00. The smallest absolute Gasteiger partial charge is 0.263 e. The Bertz CT molecular complexity index is 289. The first kappa shape index (κ1) is 14.5. The number of carbonyl (C=O) groups excluding carboxylic acids is 1. The van der Waals surface area contributed by atoms with Crippen LogP contribution in [0.15, 0.2) is 11.8 Å². The Labute approximate surface area is 97.9 Å². The molecule has 16 heavy (non-hydrogen) atoms. The molecular weight excluding hydrogens is 202 g/mol. The van der Waals surface area contributed by atoms with E-state index in [1.165, 1.54) is 0 Å². The number of carbonyl (C=O) groups is 1. The molecule has 0 saturated heterocycles. The van der Waals surface area contributed by atoms with Gasteiger partial charge in [0.05, 0.1) is 0 Å². The van der Waals surface area contributed by atoms with Crippen molar-refractivity contribution in [2.24, 2.45) is 0 Å². The first-order valence-corrected chi connectivity index (χ1v) is 5.64. The van der Waals surface area contributed by atoms with Crippen molar-refractivity contribution in [3.05, 3.63) is 11.8 Å². The molecule has 0 spiro atoms. The van der Waals surface area contributed by atoms with Crippen LogP contribution < -0.4 is 5.32 Å². The van der Waals surface area contributed by atoms with Crippen molar-refractivity contribution in [2.45, 2.75) is 39.7 Å². The van der Waals surface area contributed by atoms with Crippen molar-refractivity contribution in [1.29, 1.82) is 5.26 Å². The van der Waals surface area contributed by atoms with Gasteiger partial charge < -0.3 is 10.2 Å². The summed E-state index contributed by atoms with van der Waals surface area (Å²) in [6, 6.07) is 1.97. The summed E-state index contributed by atoms with van der Waals surface area (Å²) in [6.07, 6.45) is 3.75. The predicted octanol–water partition coefficient (Wildman–Crippen LogP) is 1.65. The van der Waals surface area contributed by atoms with Crippen LogP contribution >= 0.6 is 0 Å². The number of hydrogen-bond donors (Lipinski definition) is 1. The van der Waals surface area contributed by atoms with Crippen LogP contribution in [0.1, 0.15) is 33.6 Å². The Morgan fingerprint density at radius 1 is 1.56 bits per heavy atom. The van der Waals surface area contributed by atoms with Crippen LogP contribution in [0.2, 0.25) is 0 Å². The molecule has 0 atom stereocenters. The fraction of sp³-hybridized carbons (Fsp3) is 0.667. The molecule has 0 rings (SSSR count).